The van der Waals surface area contributed by atoms with Crippen molar-refractivity contribution in [2.45, 2.75) is 38.9 Å². The van der Waals surface area contributed by atoms with Crippen LogP contribution in [0.3, 0.4) is 0 Å². The highest BCUT2D eigenvalue weighted by molar-refractivity contribution is 7.90. The average molecular weight is 354 g/mol. The second kappa shape index (κ2) is 11.1. The van der Waals surface area contributed by atoms with Crippen molar-refractivity contribution in [3.63, 3.8) is 0 Å². The molecule has 0 atom stereocenters. The number of rotatable bonds is 10. The Morgan fingerprint density at radius 2 is 1.88 bits per heavy atom. The molecule has 0 aliphatic rings. The van der Waals surface area contributed by atoms with Crippen LogP contribution < -0.4 is 5.32 Å². The summed E-state index contributed by atoms with van der Waals surface area (Å²) in [6.45, 7) is 6.48. The van der Waals surface area contributed by atoms with Crippen LogP contribution in [-0.2, 0) is 15.6 Å². The summed E-state index contributed by atoms with van der Waals surface area (Å²) in [7, 11) is -1.07. The molecule has 0 saturated carbocycles. The van der Waals surface area contributed by atoms with Gasteiger partial charge in [-0.1, -0.05) is 43.7 Å². The molecule has 1 N–H and O–H groups in total. The summed E-state index contributed by atoms with van der Waals surface area (Å²) >= 11 is 0. The first-order valence-corrected chi connectivity index (χ1v) is 10.5. The van der Waals surface area contributed by atoms with Crippen molar-refractivity contribution in [1.82, 2.24) is 10.2 Å². The minimum Gasteiger partial charge on any atom is -0.357 e. The lowest BCUT2D eigenvalue weighted by Crippen LogP contribution is -2.39. The molecule has 0 spiro atoms. The third kappa shape index (κ3) is 8.34. The van der Waals surface area contributed by atoms with E-state index in [-0.39, 0.29) is 11.5 Å². The van der Waals surface area contributed by atoms with Crippen molar-refractivity contribution in [1.29, 1.82) is 0 Å². The van der Waals surface area contributed by atoms with E-state index in [1.807, 2.05) is 44.3 Å². The van der Waals surface area contributed by atoms with Gasteiger partial charge in [0.25, 0.3) is 0 Å². The number of unbranched alkanes of at least 4 members (excludes halogenated alkanes) is 1. The van der Waals surface area contributed by atoms with Crippen LogP contribution in [0.5, 0.6) is 0 Å². The van der Waals surface area contributed by atoms with Crippen molar-refractivity contribution in [3.8, 4) is 0 Å². The van der Waals surface area contributed by atoms with Crippen LogP contribution >= 0.6 is 0 Å². The maximum Gasteiger partial charge on any atom is 0.193 e. The summed E-state index contributed by atoms with van der Waals surface area (Å²) in [6, 6.07) is 9.32. The molecule has 1 aromatic rings. The van der Waals surface area contributed by atoms with Gasteiger partial charge in [-0.3, -0.25) is 4.99 Å². The Balaban J connectivity index is 2.48. The van der Waals surface area contributed by atoms with E-state index in [2.05, 4.69) is 22.1 Å². The van der Waals surface area contributed by atoms with E-state index in [0.29, 0.717) is 13.0 Å². The third-order valence-electron chi connectivity index (χ3n) is 3.65. The van der Waals surface area contributed by atoms with E-state index in [1.54, 1.807) is 0 Å². The van der Waals surface area contributed by atoms with Gasteiger partial charge >= 0.3 is 0 Å². The van der Waals surface area contributed by atoms with Gasteiger partial charge in [0.05, 0.1) is 11.5 Å². The highest BCUT2D eigenvalue weighted by Crippen LogP contribution is 2.07. The largest absolute Gasteiger partial charge is 0.357 e. The van der Waals surface area contributed by atoms with Crippen LogP contribution in [0.1, 0.15) is 38.7 Å². The van der Waals surface area contributed by atoms with Crippen LogP contribution in [0.2, 0.25) is 0 Å². The second-order valence-electron chi connectivity index (χ2n) is 5.94. The van der Waals surface area contributed by atoms with Crippen molar-refractivity contribution in [2.75, 3.05) is 32.4 Å². The predicted molar refractivity (Wildman–Crippen MR) is 102 cm³/mol. The molecule has 6 heteroatoms. The Kier molecular flexibility index (Phi) is 9.45. The number of guanidine groups is 1. The van der Waals surface area contributed by atoms with Crippen LogP contribution in [0.15, 0.2) is 35.3 Å². The Morgan fingerprint density at radius 3 is 2.50 bits per heavy atom. The molecule has 1 rings (SSSR count). The molecule has 0 aliphatic heterocycles. The van der Waals surface area contributed by atoms with Crippen LogP contribution in [0.4, 0.5) is 0 Å². The topological polar surface area (TPSA) is 61.8 Å². The van der Waals surface area contributed by atoms with Gasteiger partial charge in [0.15, 0.2) is 15.8 Å². The summed E-state index contributed by atoms with van der Waals surface area (Å²) in [6.07, 6.45) is 2.81. The van der Waals surface area contributed by atoms with E-state index in [0.717, 1.165) is 37.5 Å². The van der Waals surface area contributed by atoms with Crippen molar-refractivity contribution >= 4 is 15.8 Å². The fourth-order valence-corrected chi connectivity index (χ4v) is 3.75. The maximum atomic E-state index is 12.2. The minimum absolute atomic E-state index is 0.105. The summed E-state index contributed by atoms with van der Waals surface area (Å²) in [5.41, 5.74) is 0.841. The maximum absolute atomic E-state index is 12.2. The van der Waals surface area contributed by atoms with Crippen molar-refractivity contribution in [2.24, 2.45) is 4.99 Å². The quantitative estimate of drug-likeness (QED) is 0.399. The fraction of sp³-hybridized carbons (Fsp3) is 0.611. The molecule has 1 aromatic carbocycles. The molecule has 0 aromatic heterocycles. The molecule has 0 aliphatic carbocycles. The van der Waals surface area contributed by atoms with Gasteiger partial charge in [-0.2, -0.15) is 0 Å². The Morgan fingerprint density at radius 1 is 1.17 bits per heavy atom. The molecular formula is C18H31N3O2S. The predicted octanol–water partition coefficient (Wildman–Crippen LogP) is 2.69. The Labute approximate surface area is 147 Å². The van der Waals surface area contributed by atoms with Crippen LogP contribution in [-0.4, -0.2) is 51.7 Å². The Hall–Kier alpha value is -1.56. The van der Waals surface area contributed by atoms with E-state index in [9.17, 15) is 8.42 Å². The molecule has 0 saturated heterocycles. The molecule has 0 amide bonds. The van der Waals surface area contributed by atoms with Gasteiger partial charge in [-0.25, -0.2) is 8.42 Å². The third-order valence-corrected chi connectivity index (χ3v) is 5.33. The summed E-state index contributed by atoms with van der Waals surface area (Å²) in [4.78, 5) is 6.65. The molecule has 0 heterocycles. The van der Waals surface area contributed by atoms with E-state index in [4.69, 9.17) is 0 Å². The highest BCUT2D eigenvalue weighted by atomic mass is 32.2. The fourth-order valence-electron chi connectivity index (χ4n) is 2.34. The standard InChI is InChI=1S/C18H31N3O2S/c1-4-6-14-21(3)18(19-5-2)20-13-10-15-24(22,23)16-17-11-8-7-9-12-17/h7-9,11-12H,4-6,10,13-16H2,1-3H3,(H,19,20). The average Bonchev–Trinajstić information content (AvgIpc) is 2.56. The molecule has 0 bridgehead atoms. The zero-order valence-corrected chi connectivity index (χ0v) is 16.0. The molecule has 0 unspecified atom stereocenters. The zero-order chi connectivity index (χ0) is 17.8. The molecular weight excluding hydrogens is 322 g/mol. The van der Waals surface area contributed by atoms with Crippen molar-refractivity contribution < 1.29 is 8.42 Å². The van der Waals surface area contributed by atoms with Crippen LogP contribution in [0, 0.1) is 0 Å². The molecule has 5 nitrogen and oxygen atoms in total. The van der Waals surface area contributed by atoms with Gasteiger partial charge in [0.2, 0.25) is 0 Å². The van der Waals surface area contributed by atoms with Gasteiger partial charge in [-0.15, -0.1) is 0 Å². The summed E-state index contributed by atoms with van der Waals surface area (Å²) in [5, 5.41) is 3.26. The highest BCUT2D eigenvalue weighted by Gasteiger charge is 2.11. The van der Waals surface area contributed by atoms with Gasteiger partial charge < -0.3 is 10.2 Å². The first-order chi connectivity index (χ1) is 11.5. The minimum atomic E-state index is -3.08. The van der Waals surface area contributed by atoms with E-state index in [1.165, 1.54) is 0 Å². The van der Waals surface area contributed by atoms with Crippen molar-refractivity contribution in [3.05, 3.63) is 35.9 Å². The number of hydrogen-bond donors (Lipinski definition) is 1. The number of hydrogen-bond acceptors (Lipinski definition) is 3. The molecule has 0 fully saturated rings. The number of nitrogens with one attached hydrogen (secondary N) is 1. The number of benzene rings is 1. The number of aliphatic imine (C=N–C) groups is 1. The lowest BCUT2D eigenvalue weighted by molar-refractivity contribution is 0.465. The van der Waals surface area contributed by atoms with Crippen LogP contribution in [0.25, 0.3) is 0 Å². The monoisotopic (exact) mass is 353 g/mol. The first-order valence-electron chi connectivity index (χ1n) is 8.72. The summed E-state index contributed by atoms with van der Waals surface area (Å²) < 4.78 is 24.3. The lowest BCUT2D eigenvalue weighted by atomic mass is 10.2. The first kappa shape index (κ1) is 20.5. The Bertz CT molecular complexity index is 586. The molecule has 0 radical (unpaired) electrons. The van der Waals surface area contributed by atoms with E-state index < -0.39 is 9.84 Å². The lowest BCUT2D eigenvalue weighted by Gasteiger charge is -2.21. The summed E-state index contributed by atoms with van der Waals surface area (Å²) in [5.74, 6) is 1.13. The number of sulfone groups is 1. The van der Waals surface area contributed by atoms with E-state index >= 15 is 0 Å². The molecule has 136 valence electrons. The smallest absolute Gasteiger partial charge is 0.193 e. The number of nitrogens with zero attached hydrogens (tertiary/aromatic N) is 2. The normalized spacial score (nSPS) is 12.2. The van der Waals surface area contributed by atoms with Gasteiger partial charge in [0, 0.05) is 26.7 Å². The van der Waals surface area contributed by atoms with Gasteiger partial charge in [0.1, 0.15) is 0 Å². The SMILES string of the molecule is CCCCN(C)C(=NCCCS(=O)(=O)Cc1ccccc1)NCC. The van der Waals surface area contributed by atoms with Gasteiger partial charge in [-0.05, 0) is 25.3 Å². The molecule has 24 heavy (non-hydrogen) atoms. The zero-order valence-electron chi connectivity index (χ0n) is 15.2. The second-order valence-corrected chi connectivity index (χ2v) is 8.13.